The van der Waals surface area contributed by atoms with Gasteiger partial charge in [0.05, 0.1) is 13.7 Å². The molecule has 0 bridgehead atoms. The largest absolute Gasteiger partial charge is 0.497 e. The zero-order valence-corrected chi connectivity index (χ0v) is 17.7. The summed E-state index contributed by atoms with van der Waals surface area (Å²) in [5.74, 6) is 2.95. The Bertz CT molecular complexity index is 948. The van der Waals surface area contributed by atoms with Crippen molar-refractivity contribution in [2.24, 2.45) is 0 Å². The fourth-order valence-corrected chi connectivity index (χ4v) is 3.22. The molecule has 152 valence electrons. The zero-order valence-electron chi connectivity index (χ0n) is 17.7. The zero-order chi connectivity index (χ0) is 20.8. The molecule has 29 heavy (non-hydrogen) atoms. The Morgan fingerprint density at radius 3 is 2.17 bits per heavy atom. The summed E-state index contributed by atoms with van der Waals surface area (Å²) in [4.78, 5) is 9.06. The maximum absolute atomic E-state index is 5.74. The van der Waals surface area contributed by atoms with Crippen LogP contribution < -0.4 is 20.1 Å². The van der Waals surface area contributed by atoms with Gasteiger partial charge in [-0.3, -0.25) is 0 Å². The second-order valence-corrected chi connectivity index (χ2v) is 7.07. The van der Waals surface area contributed by atoms with Crippen molar-refractivity contribution < 1.29 is 9.47 Å². The van der Waals surface area contributed by atoms with Crippen LogP contribution in [0.4, 0.5) is 17.5 Å². The fourth-order valence-electron chi connectivity index (χ4n) is 3.22. The average molecular weight is 393 g/mol. The molecular weight excluding hydrogens is 364 g/mol. The van der Waals surface area contributed by atoms with Crippen LogP contribution in [0, 0.1) is 27.7 Å². The van der Waals surface area contributed by atoms with Crippen LogP contribution in [-0.4, -0.2) is 30.2 Å². The maximum atomic E-state index is 5.74. The third-order valence-electron chi connectivity index (χ3n) is 4.50. The number of nitrogens with zero attached hydrogens (tertiary/aromatic N) is 2. The SMILES string of the molecule is COc1ccc(OCCNc2nc(C)cc(Nc3c(C)cc(C)cc3C)n2)cc1. The van der Waals surface area contributed by atoms with E-state index in [1.165, 1.54) is 16.7 Å². The number of hydrogen-bond acceptors (Lipinski definition) is 6. The number of aromatic nitrogens is 2. The Labute approximate surface area is 172 Å². The minimum atomic E-state index is 0.503. The highest BCUT2D eigenvalue weighted by molar-refractivity contribution is 5.66. The summed E-state index contributed by atoms with van der Waals surface area (Å²) in [5.41, 5.74) is 5.62. The third-order valence-corrected chi connectivity index (χ3v) is 4.50. The Kier molecular flexibility index (Phi) is 6.54. The summed E-state index contributed by atoms with van der Waals surface area (Å²) in [7, 11) is 1.65. The summed E-state index contributed by atoms with van der Waals surface area (Å²) in [6.07, 6.45) is 0. The molecule has 0 amide bonds. The number of ether oxygens (including phenoxy) is 2. The Hall–Kier alpha value is -3.28. The molecule has 0 saturated carbocycles. The van der Waals surface area contributed by atoms with Crippen LogP contribution in [0.15, 0.2) is 42.5 Å². The quantitative estimate of drug-likeness (QED) is 0.529. The molecule has 0 radical (unpaired) electrons. The first kappa shape index (κ1) is 20.5. The van der Waals surface area contributed by atoms with Crippen LogP contribution in [0.25, 0.3) is 0 Å². The Balaban J connectivity index is 1.60. The van der Waals surface area contributed by atoms with Gasteiger partial charge >= 0.3 is 0 Å². The van der Waals surface area contributed by atoms with E-state index in [9.17, 15) is 0 Å². The van der Waals surface area contributed by atoms with Gasteiger partial charge in [0, 0.05) is 17.4 Å². The van der Waals surface area contributed by atoms with Crippen LogP contribution in [0.5, 0.6) is 11.5 Å². The standard InChI is InChI=1S/C23H28N4O2/c1-15-12-16(2)22(17(3)13-15)26-21-14-18(4)25-23(27-21)24-10-11-29-20-8-6-19(28-5)7-9-20/h6-9,12-14H,10-11H2,1-5H3,(H2,24,25,26,27). The van der Waals surface area contributed by atoms with E-state index in [1.807, 2.05) is 37.3 Å². The summed E-state index contributed by atoms with van der Waals surface area (Å²) < 4.78 is 10.9. The van der Waals surface area contributed by atoms with E-state index < -0.39 is 0 Å². The lowest BCUT2D eigenvalue weighted by molar-refractivity contribution is 0.331. The molecular formula is C23H28N4O2. The van der Waals surface area contributed by atoms with E-state index in [1.54, 1.807) is 7.11 Å². The van der Waals surface area contributed by atoms with Crippen LogP contribution in [0.2, 0.25) is 0 Å². The van der Waals surface area contributed by atoms with Crippen LogP contribution in [-0.2, 0) is 0 Å². The van der Waals surface area contributed by atoms with Gasteiger partial charge in [-0.05, 0) is 63.1 Å². The van der Waals surface area contributed by atoms with Crippen molar-refractivity contribution in [1.82, 2.24) is 9.97 Å². The van der Waals surface area contributed by atoms with Gasteiger partial charge in [0.1, 0.15) is 23.9 Å². The molecule has 0 fully saturated rings. The number of aryl methyl sites for hydroxylation is 4. The molecule has 2 aromatic carbocycles. The summed E-state index contributed by atoms with van der Waals surface area (Å²) >= 11 is 0. The number of methoxy groups -OCH3 is 1. The number of rotatable bonds is 8. The van der Waals surface area contributed by atoms with Crippen molar-refractivity contribution in [3.63, 3.8) is 0 Å². The van der Waals surface area contributed by atoms with E-state index >= 15 is 0 Å². The Morgan fingerprint density at radius 2 is 1.52 bits per heavy atom. The summed E-state index contributed by atoms with van der Waals surface area (Å²) in [6, 6.07) is 13.8. The smallest absolute Gasteiger partial charge is 0.224 e. The number of nitrogens with one attached hydrogen (secondary N) is 2. The number of benzene rings is 2. The van der Waals surface area contributed by atoms with Crippen LogP contribution in [0.1, 0.15) is 22.4 Å². The molecule has 3 aromatic rings. The van der Waals surface area contributed by atoms with Gasteiger partial charge in [-0.15, -0.1) is 0 Å². The molecule has 6 nitrogen and oxygen atoms in total. The highest BCUT2D eigenvalue weighted by Crippen LogP contribution is 2.25. The van der Waals surface area contributed by atoms with Gasteiger partial charge in [0.15, 0.2) is 0 Å². The van der Waals surface area contributed by atoms with E-state index in [0.717, 1.165) is 28.7 Å². The molecule has 0 unspecified atom stereocenters. The van der Waals surface area contributed by atoms with E-state index in [0.29, 0.717) is 19.1 Å². The minimum absolute atomic E-state index is 0.503. The lowest BCUT2D eigenvalue weighted by atomic mass is 10.1. The topological polar surface area (TPSA) is 68.3 Å². The predicted octanol–water partition coefficient (Wildman–Crippen LogP) is 4.95. The number of anilines is 3. The van der Waals surface area contributed by atoms with Crippen molar-refractivity contribution in [2.45, 2.75) is 27.7 Å². The fraction of sp³-hybridized carbons (Fsp3) is 0.304. The van der Waals surface area contributed by atoms with Crippen LogP contribution in [0.3, 0.4) is 0 Å². The summed E-state index contributed by atoms with van der Waals surface area (Å²) in [6.45, 7) is 9.37. The highest BCUT2D eigenvalue weighted by Gasteiger charge is 2.07. The molecule has 1 aromatic heterocycles. The molecule has 0 aliphatic carbocycles. The molecule has 0 atom stereocenters. The van der Waals surface area contributed by atoms with Crippen molar-refractivity contribution in [1.29, 1.82) is 0 Å². The molecule has 0 aliphatic heterocycles. The first-order chi connectivity index (χ1) is 13.9. The third kappa shape index (κ3) is 5.60. The van der Waals surface area contributed by atoms with Gasteiger partial charge in [-0.1, -0.05) is 17.7 Å². The molecule has 0 saturated heterocycles. The Morgan fingerprint density at radius 1 is 0.862 bits per heavy atom. The molecule has 6 heteroatoms. The molecule has 0 aliphatic rings. The summed E-state index contributed by atoms with van der Waals surface area (Å²) in [5, 5.41) is 6.67. The maximum Gasteiger partial charge on any atom is 0.224 e. The van der Waals surface area contributed by atoms with E-state index in [2.05, 4.69) is 53.5 Å². The lowest BCUT2D eigenvalue weighted by Crippen LogP contribution is -2.14. The van der Waals surface area contributed by atoms with Crippen molar-refractivity contribution in [3.05, 3.63) is 64.8 Å². The molecule has 2 N–H and O–H groups in total. The first-order valence-corrected chi connectivity index (χ1v) is 9.66. The average Bonchev–Trinajstić information content (AvgIpc) is 2.68. The van der Waals surface area contributed by atoms with Gasteiger partial charge < -0.3 is 20.1 Å². The molecule has 3 rings (SSSR count). The first-order valence-electron chi connectivity index (χ1n) is 9.66. The van der Waals surface area contributed by atoms with Gasteiger partial charge in [-0.25, -0.2) is 4.98 Å². The molecule has 0 spiro atoms. The second-order valence-electron chi connectivity index (χ2n) is 7.07. The van der Waals surface area contributed by atoms with Gasteiger partial charge in [0.2, 0.25) is 5.95 Å². The van der Waals surface area contributed by atoms with Crippen molar-refractivity contribution in [3.8, 4) is 11.5 Å². The van der Waals surface area contributed by atoms with Crippen molar-refractivity contribution in [2.75, 3.05) is 30.9 Å². The predicted molar refractivity (Wildman–Crippen MR) is 118 cm³/mol. The normalized spacial score (nSPS) is 10.5. The van der Waals surface area contributed by atoms with Crippen molar-refractivity contribution >= 4 is 17.5 Å². The lowest BCUT2D eigenvalue weighted by Gasteiger charge is -2.15. The molecule has 1 heterocycles. The van der Waals surface area contributed by atoms with Gasteiger partial charge in [0.25, 0.3) is 0 Å². The monoisotopic (exact) mass is 392 g/mol. The second kappa shape index (κ2) is 9.28. The number of hydrogen-bond donors (Lipinski definition) is 2. The van der Waals surface area contributed by atoms with E-state index in [4.69, 9.17) is 9.47 Å². The van der Waals surface area contributed by atoms with E-state index in [-0.39, 0.29) is 0 Å². The minimum Gasteiger partial charge on any atom is -0.497 e. The van der Waals surface area contributed by atoms with Crippen LogP contribution >= 0.6 is 0 Å². The van der Waals surface area contributed by atoms with Gasteiger partial charge in [-0.2, -0.15) is 4.98 Å². The highest BCUT2D eigenvalue weighted by atomic mass is 16.5.